The maximum atomic E-state index is 11.5. The smallest absolute Gasteiger partial charge is 0.267 e. The van der Waals surface area contributed by atoms with E-state index in [-0.39, 0.29) is 36.9 Å². The Morgan fingerprint density at radius 2 is 2.17 bits per heavy atom. The van der Waals surface area contributed by atoms with Gasteiger partial charge in [-0.1, -0.05) is 0 Å². The Bertz CT molecular complexity index is 367. The highest BCUT2D eigenvalue weighted by molar-refractivity contribution is 6.39. The molecule has 8 heteroatoms. The van der Waals surface area contributed by atoms with E-state index in [2.05, 4.69) is 21.2 Å². The zero-order valence-corrected chi connectivity index (χ0v) is 10.1. The Balaban J connectivity index is 2.24. The molecule has 0 bridgehead atoms. The Hall–Kier alpha value is -1.96. The number of carbonyl (C=O) groups excluding carboxylic acids is 3. The maximum Gasteiger partial charge on any atom is 0.267 e. The number of carbonyl (C=O) groups is 3. The molecule has 0 spiro atoms. The zero-order valence-electron chi connectivity index (χ0n) is 10.1. The van der Waals surface area contributed by atoms with Gasteiger partial charge in [-0.05, 0) is 0 Å². The van der Waals surface area contributed by atoms with E-state index in [1.165, 1.54) is 7.11 Å². The van der Waals surface area contributed by atoms with Crippen LogP contribution in [0.3, 0.4) is 0 Å². The van der Waals surface area contributed by atoms with Gasteiger partial charge in [0.25, 0.3) is 5.91 Å². The largest absolute Gasteiger partial charge is 0.383 e. The highest BCUT2D eigenvalue weighted by Crippen LogP contribution is 1.98. The summed E-state index contributed by atoms with van der Waals surface area (Å²) in [7, 11) is 1.53. The van der Waals surface area contributed by atoms with Crippen molar-refractivity contribution in [1.82, 2.24) is 16.1 Å². The molecule has 0 aromatic rings. The summed E-state index contributed by atoms with van der Waals surface area (Å²) in [6.45, 7) is 0.677. The lowest BCUT2D eigenvalue weighted by Gasteiger charge is -2.11. The summed E-state index contributed by atoms with van der Waals surface area (Å²) in [4.78, 5) is 33.6. The van der Waals surface area contributed by atoms with Crippen molar-refractivity contribution < 1.29 is 19.1 Å². The van der Waals surface area contributed by atoms with E-state index < -0.39 is 5.91 Å². The Kier molecular flexibility index (Phi) is 5.78. The van der Waals surface area contributed by atoms with Crippen molar-refractivity contribution in [2.45, 2.75) is 12.8 Å². The number of amides is 3. The van der Waals surface area contributed by atoms with Crippen LogP contribution in [0.2, 0.25) is 0 Å². The predicted octanol–water partition coefficient (Wildman–Crippen LogP) is -1.87. The van der Waals surface area contributed by atoms with Crippen LogP contribution in [0.4, 0.5) is 0 Å². The van der Waals surface area contributed by atoms with E-state index in [0.717, 1.165) is 0 Å². The standard InChI is InChI=1S/C10H16N4O4/c1-18-5-4-11-9(16)6-12-10(17)7-2-3-8(15)14-13-7/h2-6H2,1H3,(H,11,16)(H,12,17)(H,14,15). The second kappa shape index (κ2) is 7.38. The molecule has 1 aliphatic rings. The lowest BCUT2D eigenvalue weighted by atomic mass is 10.1. The normalized spacial score (nSPS) is 14.5. The van der Waals surface area contributed by atoms with Crippen molar-refractivity contribution in [3.63, 3.8) is 0 Å². The highest BCUT2D eigenvalue weighted by atomic mass is 16.5. The number of nitrogens with zero attached hydrogens (tertiary/aromatic N) is 1. The quantitative estimate of drug-likeness (QED) is 0.484. The average molecular weight is 256 g/mol. The van der Waals surface area contributed by atoms with Crippen LogP contribution in [0.5, 0.6) is 0 Å². The molecule has 3 N–H and O–H groups in total. The molecule has 0 saturated heterocycles. The van der Waals surface area contributed by atoms with Crippen molar-refractivity contribution in [2.24, 2.45) is 5.10 Å². The van der Waals surface area contributed by atoms with E-state index >= 15 is 0 Å². The molecule has 3 amide bonds. The van der Waals surface area contributed by atoms with Crippen LogP contribution in [-0.2, 0) is 19.1 Å². The van der Waals surface area contributed by atoms with E-state index in [0.29, 0.717) is 13.2 Å². The third-order valence-electron chi connectivity index (χ3n) is 2.20. The van der Waals surface area contributed by atoms with Gasteiger partial charge in [0.05, 0.1) is 13.2 Å². The average Bonchev–Trinajstić information content (AvgIpc) is 2.37. The molecule has 100 valence electrons. The molecule has 0 atom stereocenters. The van der Waals surface area contributed by atoms with Crippen LogP contribution in [-0.4, -0.2) is 50.2 Å². The van der Waals surface area contributed by atoms with Crippen molar-refractivity contribution in [3.05, 3.63) is 0 Å². The molecule has 0 aromatic heterocycles. The van der Waals surface area contributed by atoms with Crippen molar-refractivity contribution in [3.8, 4) is 0 Å². The third-order valence-corrected chi connectivity index (χ3v) is 2.20. The maximum absolute atomic E-state index is 11.5. The number of nitrogens with one attached hydrogen (secondary N) is 3. The van der Waals surface area contributed by atoms with Crippen molar-refractivity contribution in [1.29, 1.82) is 0 Å². The molecule has 8 nitrogen and oxygen atoms in total. The van der Waals surface area contributed by atoms with E-state index in [4.69, 9.17) is 4.74 Å². The van der Waals surface area contributed by atoms with Crippen LogP contribution >= 0.6 is 0 Å². The summed E-state index contributed by atoms with van der Waals surface area (Å²) in [5, 5.41) is 8.60. The van der Waals surface area contributed by atoms with Gasteiger partial charge in [-0.3, -0.25) is 14.4 Å². The van der Waals surface area contributed by atoms with Gasteiger partial charge in [-0.25, -0.2) is 5.43 Å². The van der Waals surface area contributed by atoms with Crippen LogP contribution in [0.25, 0.3) is 0 Å². The number of ether oxygens (including phenoxy) is 1. The molecule has 18 heavy (non-hydrogen) atoms. The minimum atomic E-state index is -0.447. The summed E-state index contributed by atoms with van der Waals surface area (Å²) in [5.41, 5.74) is 2.44. The highest BCUT2D eigenvalue weighted by Gasteiger charge is 2.18. The van der Waals surface area contributed by atoms with Crippen molar-refractivity contribution in [2.75, 3.05) is 26.8 Å². The van der Waals surface area contributed by atoms with E-state index in [1.54, 1.807) is 0 Å². The first-order chi connectivity index (χ1) is 8.63. The molecular weight excluding hydrogens is 240 g/mol. The topological polar surface area (TPSA) is 109 Å². The molecule has 1 rings (SSSR count). The number of rotatable bonds is 6. The number of hydrogen-bond acceptors (Lipinski definition) is 5. The second-order valence-corrected chi connectivity index (χ2v) is 3.62. The Labute approximate surface area is 104 Å². The summed E-state index contributed by atoms with van der Waals surface area (Å²) in [6, 6.07) is 0. The fourth-order valence-electron chi connectivity index (χ4n) is 1.26. The second-order valence-electron chi connectivity index (χ2n) is 3.62. The van der Waals surface area contributed by atoms with Gasteiger partial charge in [0.15, 0.2) is 0 Å². The predicted molar refractivity (Wildman–Crippen MR) is 62.7 cm³/mol. The van der Waals surface area contributed by atoms with Crippen LogP contribution < -0.4 is 16.1 Å². The lowest BCUT2D eigenvalue weighted by molar-refractivity contribution is -0.124. The number of hydrogen-bond donors (Lipinski definition) is 3. The van der Waals surface area contributed by atoms with Crippen LogP contribution in [0, 0.1) is 0 Å². The molecule has 0 unspecified atom stereocenters. The van der Waals surface area contributed by atoms with Gasteiger partial charge in [-0.15, -0.1) is 0 Å². The minimum Gasteiger partial charge on any atom is -0.383 e. The van der Waals surface area contributed by atoms with Crippen molar-refractivity contribution >= 4 is 23.4 Å². The lowest BCUT2D eigenvalue weighted by Crippen LogP contribution is -2.42. The van der Waals surface area contributed by atoms with Gasteiger partial charge >= 0.3 is 0 Å². The fourth-order valence-corrected chi connectivity index (χ4v) is 1.26. The monoisotopic (exact) mass is 256 g/mol. The van der Waals surface area contributed by atoms with Gasteiger partial charge in [0.1, 0.15) is 5.71 Å². The molecular formula is C10H16N4O4. The van der Waals surface area contributed by atoms with Gasteiger partial charge in [-0.2, -0.15) is 5.10 Å². The summed E-state index contributed by atoms with van der Waals surface area (Å²) in [6.07, 6.45) is 0.509. The van der Waals surface area contributed by atoms with E-state index in [9.17, 15) is 14.4 Å². The molecule has 0 aliphatic carbocycles. The number of methoxy groups -OCH3 is 1. The zero-order chi connectivity index (χ0) is 13.4. The molecule has 0 radical (unpaired) electrons. The molecule has 0 aromatic carbocycles. The Morgan fingerprint density at radius 1 is 1.39 bits per heavy atom. The fraction of sp³-hybridized carbons (Fsp3) is 0.600. The van der Waals surface area contributed by atoms with E-state index in [1.807, 2.05) is 0 Å². The number of hydrazone groups is 1. The molecule has 1 heterocycles. The van der Waals surface area contributed by atoms with Gasteiger partial charge in [0.2, 0.25) is 11.8 Å². The Morgan fingerprint density at radius 3 is 2.78 bits per heavy atom. The first kappa shape index (κ1) is 14.1. The van der Waals surface area contributed by atoms with Crippen LogP contribution in [0.1, 0.15) is 12.8 Å². The summed E-state index contributed by atoms with van der Waals surface area (Å²) < 4.78 is 4.76. The first-order valence-corrected chi connectivity index (χ1v) is 5.52. The first-order valence-electron chi connectivity index (χ1n) is 5.52. The molecule has 0 fully saturated rings. The molecule has 0 saturated carbocycles. The van der Waals surface area contributed by atoms with Crippen LogP contribution in [0.15, 0.2) is 5.10 Å². The third kappa shape index (κ3) is 4.91. The minimum absolute atomic E-state index is 0.129. The summed E-state index contributed by atoms with van der Waals surface area (Å²) >= 11 is 0. The summed E-state index contributed by atoms with van der Waals surface area (Å²) in [5.74, 6) is -0.971. The SMILES string of the molecule is COCCNC(=O)CNC(=O)C1=NNC(=O)CC1. The van der Waals surface area contributed by atoms with Gasteiger partial charge < -0.3 is 15.4 Å². The molecule has 1 aliphatic heterocycles. The van der Waals surface area contributed by atoms with Gasteiger partial charge in [0, 0.05) is 26.5 Å².